The van der Waals surface area contributed by atoms with Crippen molar-refractivity contribution in [2.24, 2.45) is 0 Å². The molecule has 0 radical (unpaired) electrons. The van der Waals surface area contributed by atoms with E-state index in [-0.39, 0.29) is 10.8 Å². The van der Waals surface area contributed by atoms with Crippen LogP contribution in [-0.4, -0.2) is 0 Å². The maximum atomic E-state index is 3.95. The summed E-state index contributed by atoms with van der Waals surface area (Å²) < 4.78 is 0. The van der Waals surface area contributed by atoms with E-state index in [4.69, 9.17) is 0 Å². The normalized spacial score (nSPS) is 14.5. The lowest BCUT2D eigenvalue weighted by Crippen LogP contribution is -2.27. The van der Waals surface area contributed by atoms with Gasteiger partial charge in [0.2, 0.25) is 0 Å². The summed E-state index contributed by atoms with van der Waals surface area (Å²) in [4.78, 5) is 4.95. The number of benzene rings is 14. The molecule has 14 aromatic carbocycles. The standard InChI is InChI=1S/C104H92N2/c1-3-77-45-49-79(50-46-77)31-15-7-5-9-29-73-103(87-37-21-13-22-38-87)99-43-27-25-41-95(99)97-71-69-93(75-101(97)103)105(89-61-53-83(54-62-89)81-33-17-11-18-34-81)91-65-57-85(58-66-91)86-59-67-92(68-60-86)106(90-63-55-84(56-64-90)82-35-19-12-20-36-82)94-70-72-98-96-42-26-28-44-100(96)104(102(98)76-94,88-39-23-14-24-40-88)74-30-10-6-8-16-32-80-51-47-78(4-2)48-52-80/h3-4,11-14,17-28,33-72,75-76H,1-2,5-10,15-16,29-32,73-74H2. The van der Waals surface area contributed by atoms with Gasteiger partial charge in [-0.1, -0.05) is 356 Å². The first-order chi connectivity index (χ1) is 52.4. The van der Waals surface area contributed by atoms with E-state index >= 15 is 0 Å². The van der Waals surface area contributed by atoms with Crippen LogP contribution in [0.25, 0.3) is 67.8 Å². The predicted octanol–water partition coefficient (Wildman–Crippen LogP) is 28.7. The third-order valence-electron chi connectivity index (χ3n) is 22.8. The van der Waals surface area contributed by atoms with Crippen LogP contribution in [0, 0.1) is 0 Å². The topological polar surface area (TPSA) is 6.48 Å². The number of hydrogen-bond acceptors (Lipinski definition) is 2. The average Bonchev–Trinajstić information content (AvgIpc) is 1.56. The van der Waals surface area contributed by atoms with Gasteiger partial charge in [-0.3, -0.25) is 0 Å². The first kappa shape index (κ1) is 68.6. The molecule has 0 fully saturated rings. The summed E-state index contributed by atoms with van der Waals surface area (Å²) in [5, 5.41) is 0. The largest absolute Gasteiger partial charge is 0.310 e. The molecule has 14 aromatic rings. The lowest BCUT2D eigenvalue weighted by Gasteiger charge is -2.34. The van der Waals surface area contributed by atoms with E-state index in [9.17, 15) is 0 Å². The van der Waals surface area contributed by atoms with Crippen LogP contribution in [0.3, 0.4) is 0 Å². The van der Waals surface area contributed by atoms with Gasteiger partial charge in [0, 0.05) is 45.0 Å². The quantitative estimate of drug-likeness (QED) is 0.0431. The molecule has 106 heavy (non-hydrogen) atoms. The number of nitrogens with zero attached hydrogens (tertiary/aromatic N) is 2. The smallest absolute Gasteiger partial charge is 0.0465 e. The van der Waals surface area contributed by atoms with Gasteiger partial charge in [0.25, 0.3) is 0 Å². The Morgan fingerprint density at radius 1 is 0.226 bits per heavy atom. The van der Waals surface area contributed by atoms with Gasteiger partial charge in [-0.2, -0.15) is 0 Å². The Balaban J connectivity index is 0.721. The number of rotatable bonds is 29. The summed E-state index contributed by atoms with van der Waals surface area (Å²) in [6, 6.07) is 132. The summed E-state index contributed by atoms with van der Waals surface area (Å²) in [5.74, 6) is 0. The number of anilines is 6. The summed E-state index contributed by atoms with van der Waals surface area (Å²) in [6.45, 7) is 7.90. The fourth-order valence-electron chi connectivity index (χ4n) is 17.4. The molecule has 2 aliphatic rings. The van der Waals surface area contributed by atoms with E-state index in [1.807, 2.05) is 12.2 Å². The molecule has 2 unspecified atom stereocenters. The summed E-state index contributed by atoms with van der Waals surface area (Å²) >= 11 is 0. The average molecular weight is 1370 g/mol. The van der Waals surface area contributed by atoms with Crippen LogP contribution in [0.15, 0.2) is 365 Å². The number of aryl methyl sites for hydroxylation is 2. The van der Waals surface area contributed by atoms with Crippen molar-refractivity contribution in [3.8, 4) is 55.6 Å². The molecule has 0 saturated carbocycles. The van der Waals surface area contributed by atoms with Gasteiger partial charge in [-0.05, 0) is 223 Å². The Hall–Kier alpha value is -11.8. The first-order valence-corrected chi connectivity index (χ1v) is 38.6. The van der Waals surface area contributed by atoms with Crippen molar-refractivity contribution < 1.29 is 0 Å². The van der Waals surface area contributed by atoms with Crippen LogP contribution in [0.2, 0.25) is 0 Å². The van der Waals surface area contributed by atoms with Crippen molar-refractivity contribution >= 4 is 46.3 Å². The number of hydrogen-bond donors (Lipinski definition) is 0. The van der Waals surface area contributed by atoms with Crippen LogP contribution in [0.4, 0.5) is 34.1 Å². The lowest BCUT2D eigenvalue weighted by atomic mass is 9.69. The molecule has 518 valence electrons. The first-order valence-electron chi connectivity index (χ1n) is 38.6. The molecule has 2 heteroatoms. The molecule has 0 saturated heterocycles. The zero-order chi connectivity index (χ0) is 71.5. The molecule has 0 heterocycles. The molecular weight excluding hydrogens is 1280 g/mol. The van der Waals surface area contributed by atoms with E-state index in [0.717, 1.165) is 83.8 Å². The van der Waals surface area contributed by atoms with Crippen LogP contribution < -0.4 is 9.80 Å². The lowest BCUT2D eigenvalue weighted by molar-refractivity contribution is 0.507. The highest BCUT2D eigenvalue weighted by Crippen LogP contribution is 2.59. The van der Waals surface area contributed by atoms with Crippen LogP contribution >= 0.6 is 0 Å². The van der Waals surface area contributed by atoms with Crippen molar-refractivity contribution in [2.45, 2.75) is 101 Å². The van der Waals surface area contributed by atoms with E-state index in [0.29, 0.717) is 0 Å². The van der Waals surface area contributed by atoms with Crippen LogP contribution in [0.1, 0.15) is 133 Å². The summed E-state index contributed by atoms with van der Waals surface area (Å²) in [5.41, 5.74) is 31.9. The van der Waals surface area contributed by atoms with Crippen LogP contribution in [0.5, 0.6) is 0 Å². The highest BCUT2D eigenvalue weighted by molar-refractivity contribution is 5.91. The molecule has 0 spiro atoms. The SMILES string of the molecule is C=Cc1ccc(CCCCCCCC2(c3ccccc3)c3ccccc3-c3ccc(N(c4ccc(-c5ccccc5)cc4)c4ccc(-c5ccc(N(c6ccc(-c7ccccc7)cc6)c6ccc7c(c6)C(CCCCCCCc6ccc(C=C)cc6)(c6ccccc6)c6ccccc6-7)cc5)cc4)cc32)cc1. The molecule has 0 bridgehead atoms. The fraction of sp³-hybridized carbons (Fsp3) is 0.154. The van der Waals surface area contributed by atoms with E-state index < -0.39 is 0 Å². The highest BCUT2D eigenvalue weighted by atomic mass is 15.1. The van der Waals surface area contributed by atoms with Gasteiger partial charge in [0.05, 0.1) is 0 Å². The third-order valence-corrected chi connectivity index (χ3v) is 22.8. The molecule has 0 aliphatic heterocycles. The van der Waals surface area contributed by atoms with Gasteiger partial charge < -0.3 is 9.80 Å². The Labute approximate surface area is 629 Å². The van der Waals surface area contributed by atoms with Gasteiger partial charge in [0.1, 0.15) is 0 Å². The third kappa shape index (κ3) is 14.0. The van der Waals surface area contributed by atoms with Gasteiger partial charge in [-0.25, -0.2) is 0 Å². The minimum atomic E-state index is -0.324. The molecular formula is C104H92N2. The number of fused-ring (bicyclic) bond motifs is 6. The van der Waals surface area contributed by atoms with Gasteiger partial charge in [-0.15, -0.1) is 0 Å². The second-order valence-electron chi connectivity index (χ2n) is 29.1. The Kier molecular flexibility index (Phi) is 20.5. The number of unbranched alkanes of at least 4 members (excludes halogenated alkanes) is 8. The monoisotopic (exact) mass is 1370 g/mol. The second-order valence-corrected chi connectivity index (χ2v) is 29.1. The summed E-state index contributed by atoms with van der Waals surface area (Å²) in [6.07, 6.45) is 20.0. The van der Waals surface area contributed by atoms with Crippen molar-refractivity contribution in [2.75, 3.05) is 9.80 Å². The maximum absolute atomic E-state index is 3.95. The molecule has 2 atom stereocenters. The predicted molar refractivity (Wildman–Crippen MR) is 452 cm³/mol. The van der Waals surface area contributed by atoms with Crippen molar-refractivity contribution in [1.29, 1.82) is 0 Å². The zero-order valence-corrected chi connectivity index (χ0v) is 60.8. The molecule has 2 aliphatic carbocycles. The van der Waals surface area contributed by atoms with Crippen molar-refractivity contribution in [3.05, 3.63) is 421 Å². The van der Waals surface area contributed by atoms with Gasteiger partial charge in [0.15, 0.2) is 0 Å². The maximum Gasteiger partial charge on any atom is 0.0465 e. The molecule has 0 amide bonds. The Morgan fingerprint density at radius 2 is 0.500 bits per heavy atom. The van der Waals surface area contributed by atoms with E-state index in [2.05, 4.69) is 375 Å². The van der Waals surface area contributed by atoms with Crippen LogP contribution in [-0.2, 0) is 23.7 Å². The van der Waals surface area contributed by atoms with E-state index in [1.54, 1.807) is 0 Å². The van der Waals surface area contributed by atoms with Crippen molar-refractivity contribution in [1.82, 2.24) is 0 Å². The fourth-order valence-corrected chi connectivity index (χ4v) is 17.4. The summed E-state index contributed by atoms with van der Waals surface area (Å²) in [7, 11) is 0. The highest BCUT2D eigenvalue weighted by Gasteiger charge is 2.46. The minimum Gasteiger partial charge on any atom is -0.310 e. The van der Waals surface area contributed by atoms with Gasteiger partial charge >= 0.3 is 0 Å². The molecule has 16 rings (SSSR count). The second kappa shape index (κ2) is 31.6. The van der Waals surface area contributed by atoms with Crippen molar-refractivity contribution in [3.63, 3.8) is 0 Å². The molecule has 2 nitrogen and oxygen atoms in total. The van der Waals surface area contributed by atoms with E-state index in [1.165, 1.54) is 152 Å². The zero-order valence-electron chi connectivity index (χ0n) is 60.8. The minimum absolute atomic E-state index is 0.324. The Bertz CT molecular complexity index is 4940. The Morgan fingerprint density at radius 3 is 0.840 bits per heavy atom. The molecule has 0 N–H and O–H groups in total. The molecule has 0 aromatic heterocycles.